The fourth-order valence-electron chi connectivity index (χ4n) is 7.32. The Balaban J connectivity index is 2.12. The van der Waals surface area contributed by atoms with Crippen LogP contribution in [0.2, 0.25) is 0 Å². The first kappa shape index (κ1) is 27.9. The predicted octanol–water partition coefficient (Wildman–Crippen LogP) is 2.91. The molecule has 0 aromatic carbocycles. The van der Waals surface area contributed by atoms with E-state index < -0.39 is 46.6 Å². The molecule has 3 unspecified atom stereocenters. The van der Waals surface area contributed by atoms with E-state index in [2.05, 4.69) is 26.1 Å². The van der Waals surface area contributed by atoms with Crippen molar-refractivity contribution in [2.24, 2.45) is 29.1 Å². The average Bonchev–Trinajstić information content (AvgIpc) is 3.17. The molecule has 2 amide bonds. The summed E-state index contributed by atoms with van der Waals surface area (Å²) < 4.78 is 12.1. The second-order valence-corrected chi connectivity index (χ2v) is 13.3. The minimum Gasteiger partial charge on any atom is -0.466 e. The third-order valence-corrected chi connectivity index (χ3v) is 8.29. The van der Waals surface area contributed by atoms with Crippen molar-refractivity contribution in [3.8, 4) is 0 Å². The van der Waals surface area contributed by atoms with Gasteiger partial charge in [-0.25, -0.2) is 0 Å². The first-order valence-corrected chi connectivity index (χ1v) is 13.1. The van der Waals surface area contributed by atoms with Gasteiger partial charge in [0.15, 0.2) is 0 Å². The number of rotatable bonds is 8. The van der Waals surface area contributed by atoms with Crippen LogP contribution in [0.3, 0.4) is 0 Å². The Bertz CT molecular complexity index is 864. The standard InChI is InChI=1S/C27H46N2O6/c1-11-34-23(33)19-18-22(32)29(17(13-30)15(2)3)20(27(18)12-16(4)26(19,10)35-27)21(31)28-25(8,9)14-24(5,6)7/h15-20,30H,11-14H2,1-10H3,(H,28,31)/t16?,17-,18-,19+,20?,26-,27?/m0/s1. The second kappa shape index (κ2) is 9.02. The van der Waals surface area contributed by atoms with Gasteiger partial charge in [-0.2, -0.15) is 0 Å². The summed E-state index contributed by atoms with van der Waals surface area (Å²) in [6.07, 6.45) is 1.22. The maximum Gasteiger partial charge on any atom is 0.312 e. The van der Waals surface area contributed by atoms with E-state index in [1.165, 1.54) is 4.90 Å². The number of amides is 2. The highest BCUT2D eigenvalue weighted by Gasteiger charge is 2.80. The number of likely N-dealkylation sites (tertiary alicyclic amines) is 1. The van der Waals surface area contributed by atoms with Crippen molar-refractivity contribution in [3.05, 3.63) is 0 Å². The van der Waals surface area contributed by atoms with Crippen molar-refractivity contribution in [1.29, 1.82) is 0 Å². The monoisotopic (exact) mass is 494 g/mol. The van der Waals surface area contributed by atoms with E-state index >= 15 is 0 Å². The molecule has 0 saturated carbocycles. The number of nitrogens with one attached hydrogen (secondary N) is 1. The summed E-state index contributed by atoms with van der Waals surface area (Å²) in [5.41, 5.74) is -2.59. The third kappa shape index (κ3) is 4.50. The predicted molar refractivity (Wildman–Crippen MR) is 132 cm³/mol. The van der Waals surface area contributed by atoms with Crippen LogP contribution in [0.25, 0.3) is 0 Å². The van der Waals surface area contributed by atoms with Gasteiger partial charge in [0.05, 0.1) is 30.8 Å². The Hall–Kier alpha value is -1.67. The summed E-state index contributed by atoms with van der Waals surface area (Å²) in [4.78, 5) is 42.9. The Labute approximate surface area is 210 Å². The van der Waals surface area contributed by atoms with Gasteiger partial charge in [0.1, 0.15) is 17.6 Å². The molecule has 3 rings (SSSR count). The number of hydrogen-bond acceptors (Lipinski definition) is 6. The van der Waals surface area contributed by atoms with Crippen LogP contribution in [0.4, 0.5) is 0 Å². The molecule has 1 spiro atoms. The molecule has 0 aliphatic carbocycles. The quantitative estimate of drug-likeness (QED) is 0.503. The topological polar surface area (TPSA) is 105 Å². The van der Waals surface area contributed by atoms with E-state index in [4.69, 9.17) is 9.47 Å². The third-order valence-electron chi connectivity index (χ3n) is 8.29. The smallest absolute Gasteiger partial charge is 0.312 e. The molecule has 3 saturated heterocycles. The highest BCUT2D eigenvalue weighted by molar-refractivity contribution is 5.99. The SMILES string of the molecule is CCOC(=O)[C@H]1[C@H]2C(=O)N([C@@H](CO)C(C)C)C(C(=O)NC(C)(C)CC(C)(C)C)C23CC(C)[C@]1(C)O3. The molecule has 0 aromatic rings. The number of fused-ring (bicyclic) bond motifs is 1. The first-order chi connectivity index (χ1) is 16.0. The van der Waals surface area contributed by atoms with Gasteiger partial charge >= 0.3 is 5.97 Å². The van der Waals surface area contributed by atoms with Crippen molar-refractivity contribution < 1.29 is 29.0 Å². The normalized spacial score (nSPS) is 35.4. The van der Waals surface area contributed by atoms with Crippen molar-refractivity contribution in [3.63, 3.8) is 0 Å². The molecular formula is C27H46N2O6. The van der Waals surface area contributed by atoms with Gasteiger partial charge in [-0.1, -0.05) is 41.5 Å². The fraction of sp³-hybridized carbons (Fsp3) is 0.889. The van der Waals surface area contributed by atoms with E-state index in [-0.39, 0.29) is 42.3 Å². The van der Waals surface area contributed by atoms with Crippen molar-refractivity contribution in [1.82, 2.24) is 10.2 Å². The lowest BCUT2D eigenvalue weighted by Gasteiger charge is -2.41. The van der Waals surface area contributed by atoms with Crippen LogP contribution in [0.5, 0.6) is 0 Å². The van der Waals surface area contributed by atoms with Gasteiger partial charge in [0.2, 0.25) is 11.8 Å². The van der Waals surface area contributed by atoms with E-state index in [0.29, 0.717) is 6.42 Å². The zero-order valence-electron chi connectivity index (χ0n) is 23.2. The first-order valence-electron chi connectivity index (χ1n) is 13.1. The van der Waals surface area contributed by atoms with Gasteiger partial charge < -0.3 is 24.8 Å². The van der Waals surface area contributed by atoms with Crippen LogP contribution in [0.15, 0.2) is 0 Å². The van der Waals surface area contributed by atoms with Gasteiger partial charge in [-0.3, -0.25) is 14.4 Å². The maximum absolute atomic E-state index is 14.1. The number of ether oxygens (including phenoxy) is 2. The summed E-state index contributed by atoms with van der Waals surface area (Å²) in [6.45, 7) is 19.7. The van der Waals surface area contributed by atoms with Crippen molar-refractivity contribution in [2.45, 2.75) is 111 Å². The summed E-state index contributed by atoms with van der Waals surface area (Å²) in [5.74, 6) is -2.82. The largest absolute Gasteiger partial charge is 0.466 e. The molecule has 0 radical (unpaired) electrons. The van der Waals surface area contributed by atoms with Gasteiger partial charge in [-0.15, -0.1) is 0 Å². The molecule has 3 aliphatic heterocycles. The van der Waals surface area contributed by atoms with Crippen LogP contribution in [-0.4, -0.2) is 69.8 Å². The average molecular weight is 495 g/mol. The number of nitrogens with zero attached hydrogens (tertiary/aromatic N) is 1. The lowest BCUT2D eigenvalue weighted by atomic mass is 9.62. The van der Waals surface area contributed by atoms with Gasteiger partial charge in [-0.05, 0) is 57.8 Å². The minimum atomic E-state index is -1.15. The molecule has 2 N–H and O–H groups in total. The molecule has 3 fully saturated rings. The molecule has 200 valence electrons. The molecular weight excluding hydrogens is 448 g/mol. The van der Waals surface area contributed by atoms with E-state index in [0.717, 1.165) is 6.42 Å². The number of carbonyl (C=O) groups is 3. The Morgan fingerprint density at radius 2 is 1.86 bits per heavy atom. The van der Waals surface area contributed by atoms with Gasteiger partial charge in [0, 0.05) is 5.54 Å². The molecule has 2 bridgehead atoms. The number of carbonyl (C=O) groups excluding carboxylic acids is 3. The van der Waals surface area contributed by atoms with E-state index in [9.17, 15) is 19.5 Å². The van der Waals surface area contributed by atoms with Crippen LogP contribution in [-0.2, 0) is 23.9 Å². The van der Waals surface area contributed by atoms with Crippen LogP contribution in [0.1, 0.15) is 82.1 Å². The highest BCUT2D eigenvalue weighted by atomic mass is 16.6. The summed E-state index contributed by atoms with van der Waals surface area (Å²) in [5, 5.41) is 13.5. The molecule has 0 aromatic heterocycles. The summed E-state index contributed by atoms with van der Waals surface area (Å²) in [6, 6.07) is -1.51. The number of esters is 1. The van der Waals surface area contributed by atoms with E-state index in [1.807, 2.05) is 41.5 Å². The van der Waals surface area contributed by atoms with Crippen molar-refractivity contribution >= 4 is 17.8 Å². The lowest BCUT2D eigenvalue weighted by Crippen LogP contribution is -2.62. The summed E-state index contributed by atoms with van der Waals surface area (Å²) >= 11 is 0. The van der Waals surface area contributed by atoms with Gasteiger partial charge in [0.25, 0.3) is 0 Å². The zero-order valence-corrected chi connectivity index (χ0v) is 23.2. The molecule has 35 heavy (non-hydrogen) atoms. The number of aliphatic hydroxyl groups excluding tert-OH is 1. The van der Waals surface area contributed by atoms with Crippen LogP contribution in [0, 0.1) is 29.1 Å². The number of hydrogen-bond donors (Lipinski definition) is 2. The zero-order chi connectivity index (χ0) is 26.7. The van der Waals surface area contributed by atoms with Crippen LogP contribution >= 0.6 is 0 Å². The summed E-state index contributed by atoms with van der Waals surface area (Å²) in [7, 11) is 0. The highest BCUT2D eigenvalue weighted by Crippen LogP contribution is 2.65. The fourth-order valence-corrected chi connectivity index (χ4v) is 7.32. The molecule has 7 atom stereocenters. The lowest BCUT2D eigenvalue weighted by molar-refractivity contribution is -0.162. The molecule has 8 heteroatoms. The Kier molecular flexibility index (Phi) is 7.19. The van der Waals surface area contributed by atoms with E-state index in [1.54, 1.807) is 6.92 Å². The Morgan fingerprint density at radius 3 is 2.34 bits per heavy atom. The molecule has 3 heterocycles. The second-order valence-electron chi connectivity index (χ2n) is 13.3. The van der Waals surface area contributed by atoms with Crippen LogP contribution < -0.4 is 5.32 Å². The molecule has 3 aliphatic rings. The number of aliphatic hydroxyl groups is 1. The maximum atomic E-state index is 14.1. The molecule has 8 nitrogen and oxygen atoms in total. The van der Waals surface area contributed by atoms with Crippen molar-refractivity contribution in [2.75, 3.05) is 13.2 Å². The Morgan fingerprint density at radius 1 is 1.26 bits per heavy atom. The minimum absolute atomic E-state index is 0.0202.